The number of nitrogens with one attached hydrogen (secondary N) is 2. The standard InChI is InChI=1S/C15H22ClN3O4S/c1-23-14-4-3-11(7-13(14)16)9-18-15(20)8-12-10-19(6-5-17-12)24(2,21)22/h3-4,7,12,17H,5-6,8-10H2,1-2H3,(H,18,20). The van der Waals surface area contributed by atoms with Crippen LogP contribution in [0.1, 0.15) is 12.0 Å². The van der Waals surface area contributed by atoms with Crippen molar-refractivity contribution in [3.05, 3.63) is 28.8 Å². The number of sulfonamides is 1. The van der Waals surface area contributed by atoms with Gasteiger partial charge in [0, 0.05) is 38.6 Å². The molecule has 9 heteroatoms. The molecule has 1 aromatic carbocycles. The molecule has 1 fully saturated rings. The lowest BCUT2D eigenvalue weighted by atomic mass is 10.1. The van der Waals surface area contributed by atoms with Gasteiger partial charge in [0.1, 0.15) is 5.75 Å². The summed E-state index contributed by atoms with van der Waals surface area (Å²) in [6.45, 7) is 1.63. The van der Waals surface area contributed by atoms with Crippen molar-refractivity contribution in [2.45, 2.75) is 19.0 Å². The maximum atomic E-state index is 12.1. The van der Waals surface area contributed by atoms with Gasteiger partial charge in [0.25, 0.3) is 0 Å². The monoisotopic (exact) mass is 375 g/mol. The van der Waals surface area contributed by atoms with Crippen LogP contribution >= 0.6 is 11.6 Å². The number of amides is 1. The van der Waals surface area contributed by atoms with Gasteiger partial charge in [-0.1, -0.05) is 17.7 Å². The fourth-order valence-electron chi connectivity index (χ4n) is 2.55. The van der Waals surface area contributed by atoms with Crippen LogP contribution in [0.15, 0.2) is 18.2 Å². The summed E-state index contributed by atoms with van der Waals surface area (Å²) in [4.78, 5) is 12.1. The highest BCUT2D eigenvalue weighted by Crippen LogP contribution is 2.24. The molecule has 0 bridgehead atoms. The number of rotatable bonds is 6. The molecule has 2 N–H and O–H groups in total. The number of methoxy groups -OCH3 is 1. The molecule has 0 spiro atoms. The molecule has 1 saturated heterocycles. The van der Waals surface area contributed by atoms with Crippen molar-refractivity contribution in [3.63, 3.8) is 0 Å². The number of benzene rings is 1. The van der Waals surface area contributed by atoms with E-state index in [2.05, 4.69) is 10.6 Å². The zero-order chi connectivity index (χ0) is 17.7. The van der Waals surface area contributed by atoms with Gasteiger partial charge in [-0.2, -0.15) is 4.31 Å². The van der Waals surface area contributed by atoms with Crippen LogP contribution in [0.3, 0.4) is 0 Å². The quantitative estimate of drug-likeness (QED) is 0.759. The molecule has 24 heavy (non-hydrogen) atoms. The largest absolute Gasteiger partial charge is 0.495 e. The third kappa shape index (κ3) is 5.34. The molecule has 1 aromatic rings. The van der Waals surface area contributed by atoms with Gasteiger partial charge in [0.15, 0.2) is 0 Å². The predicted molar refractivity (Wildman–Crippen MR) is 92.7 cm³/mol. The third-order valence-corrected chi connectivity index (χ3v) is 5.39. The van der Waals surface area contributed by atoms with Crippen molar-refractivity contribution in [1.82, 2.24) is 14.9 Å². The predicted octanol–water partition coefficient (Wildman–Crippen LogP) is 0.588. The summed E-state index contributed by atoms with van der Waals surface area (Å²) in [6.07, 6.45) is 1.40. The van der Waals surface area contributed by atoms with E-state index in [1.807, 2.05) is 6.07 Å². The Bertz CT molecular complexity index is 696. The van der Waals surface area contributed by atoms with E-state index in [1.165, 1.54) is 10.6 Å². The molecule has 1 atom stereocenters. The molecule has 134 valence electrons. The minimum atomic E-state index is -3.23. The summed E-state index contributed by atoms with van der Waals surface area (Å²) in [5.41, 5.74) is 0.864. The summed E-state index contributed by atoms with van der Waals surface area (Å²) in [5.74, 6) is 0.439. The lowest BCUT2D eigenvalue weighted by Gasteiger charge is -2.31. The number of piperazine rings is 1. The fraction of sp³-hybridized carbons (Fsp3) is 0.533. The topological polar surface area (TPSA) is 87.7 Å². The van der Waals surface area contributed by atoms with E-state index in [-0.39, 0.29) is 18.4 Å². The van der Waals surface area contributed by atoms with Crippen LogP contribution in [0.4, 0.5) is 0 Å². The lowest BCUT2D eigenvalue weighted by molar-refractivity contribution is -0.121. The molecular weight excluding hydrogens is 354 g/mol. The number of ether oxygens (including phenoxy) is 1. The van der Waals surface area contributed by atoms with Crippen molar-refractivity contribution < 1.29 is 17.9 Å². The molecule has 1 aliphatic rings. The number of halogens is 1. The second kappa shape index (κ2) is 8.15. The van der Waals surface area contributed by atoms with Crippen LogP contribution in [0.2, 0.25) is 5.02 Å². The normalized spacial score (nSPS) is 19.0. The van der Waals surface area contributed by atoms with Crippen molar-refractivity contribution in [2.75, 3.05) is 33.0 Å². The van der Waals surface area contributed by atoms with E-state index in [1.54, 1.807) is 19.2 Å². The van der Waals surface area contributed by atoms with Gasteiger partial charge >= 0.3 is 0 Å². The Morgan fingerprint density at radius 1 is 1.50 bits per heavy atom. The average Bonchev–Trinajstić information content (AvgIpc) is 2.52. The van der Waals surface area contributed by atoms with Gasteiger partial charge in [-0.25, -0.2) is 8.42 Å². The van der Waals surface area contributed by atoms with Crippen LogP contribution in [-0.2, 0) is 21.4 Å². The lowest BCUT2D eigenvalue weighted by Crippen LogP contribution is -2.53. The molecule has 1 amide bonds. The third-order valence-electron chi connectivity index (χ3n) is 3.82. The smallest absolute Gasteiger partial charge is 0.221 e. The molecule has 0 radical (unpaired) electrons. The van der Waals surface area contributed by atoms with Crippen LogP contribution in [-0.4, -0.2) is 57.7 Å². The number of carbonyl (C=O) groups is 1. The number of nitrogens with zero attached hydrogens (tertiary/aromatic N) is 1. The number of carbonyl (C=O) groups excluding carboxylic acids is 1. The molecule has 0 saturated carbocycles. The second-order valence-electron chi connectivity index (χ2n) is 5.72. The highest BCUT2D eigenvalue weighted by molar-refractivity contribution is 7.88. The Morgan fingerprint density at radius 3 is 2.88 bits per heavy atom. The van der Waals surface area contributed by atoms with Crippen molar-refractivity contribution in [2.24, 2.45) is 0 Å². The number of hydrogen-bond donors (Lipinski definition) is 2. The Balaban J connectivity index is 1.84. The van der Waals surface area contributed by atoms with Crippen molar-refractivity contribution in [1.29, 1.82) is 0 Å². The first-order chi connectivity index (χ1) is 11.3. The first-order valence-electron chi connectivity index (χ1n) is 7.57. The van der Waals surface area contributed by atoms with Crippen LogP contribution in [0.5, 0.6) is 5.75 Å². The van der Waals surface area contributed by atoms with Gasteiger partial charge in [0.2, 0.25) is 15.9 Å². The molecule has 0 aromatic heterocycles. The molecule has 2 rings (SSSR count). The maximum absolute atomic E-state index is 12.1. The maximum Gasteiger partial charge on any atom is 0.221 e. The minimum absolute atomic E-state index is 0.144. The highest BCUT2D eigenvalue weighted by Gasteiger charge is 2.26. The molecule has 1 heterocycles. The van der Waals surface area contributed by atoms with Crippen molar-refractivity contribution >= 4 is 27.5 Å². The fourth-order valence-corrected chi connectivity index (χ4v) is 3.70. The summed E-state index contributed by atoms with van der Waals surface area (Å²) in [7, 11) is -1.68. The van der Waals surface area contributed by atoms with Gasteiger partial charge in [-0.3, -0.25) is 4.79 Å². The van der Waals surface area contributed by atoms with E-state index in [9.17, 15) is 13.2 Å². The highest BCUT2D eigenvalue weighted by atomic mass is 35.5. The van der Waals surface area contributed by atoms with E-state index < -0.39 is 10.0 Å². The second-order valence-corrected chi connectivity index (χ2v) is 8.11. The summed E-state index contributed by atoms with van der Waals surface area (Å²) in [6, 6.07) is 5.13. The molecule has 1 unspecified atom stereocenters. The van der Waals surface area contributed by atoms with Gasteiger partial charge in [-0.05, 0) is 17.7 Å². The Morgan fingerprint density at radius 2 is 2.25 bits per heavy atom. The Hall–Kier alpha value is -1.35. The van der Waals surface area contributed by atoms with Crippen molar-refractivity contribution in [3.8, 4) is 5.75 Å². The van der Waals surface area contributed by atoms with Crippen LogP contribution in [0, 0.1) is 0 Å². The molecule has 7 nitrogen and oxygen atoms in total. The average molecular weight is 376 g/mol. The van der Waals surface area contributed by atoms with E-state index in [0.29, 0.717) is 37.0 Å². The van der Waals surface area contributed by atoms with E-state index >= 15 is 0 Å². The van der Waals surface area contributed by atoms with Crippen LogP contribution in [0.25, 0.3) is 0 Å². The van der Waals surface area contributed by atoms with Gasteiger partial charge in [0.05, 0.1) is 18.4 Å². The van der Waals surface area contributed by atoms with E-state index in [4.69, 9.17) is 16.3 Å². The van der Waals surface area contributed by atoms with Crippen LogP contribution < -0.4 is 15.4 Å². The summed E-state index contributed by atoms with van der Waals surface area (Å²) in [5, 5.41) is 6.48. The zero-order valence-corrected chi connectivity index (χ0v) is 15.3. The Labute approximate surface area is 147 Å². The van der Waals surface area contributed by atoms with Gasteiger partial charge < -0.3 is 15.4 Å². The number of hydrogen-bond acceptors (Lipinski definition) is 5. The first kappa shape index (κ1) is 19.0. The zero-order valence-electron chi connectivity index (χ0n) is 13.7. The summed E-state index contributed by atoms with van der Waals surface area (Å²) >= 11 is 6.05. The molecule has 0 aliphatic carbocycles. The summed E-state index contributed by atoms with van der Waals surface area (Å²) < 4.78 is 29.7. The molecule has 1 aliphatic heterocycles. The first-order valence-corrected chi connectivity index (χ1v) is 9.80. The SMILES string of the molecule is COc1ccc(CNC(=O)CC2CN(S(C)(=O)=O)CCN2)cc1Cl. The molecular formula is C15H22ClN3O4S. The van der Waals surface area contributed by atoms with E-state index in [0.717, 1.165) is 5.56 Å². The Kier molecular flexibility index (Phi) is 6.45. The minimum Gasteiger partial charge on any atom is -0.495 e. The van der Waals surface area contributed by atoms with Gasteiger partial charge in [-0.15, -0.1) is 0 Å².